The molecule has 5 aliphatic rings. The first-order chi connectivity index (χ1) is 22.6. The highest BCUT2D eigenvalue weighted by Crippen LogP contribution is 2.67. The Labute approximate surface area is 280 Å². The zero-order valence-corrected chi connectivity index (χ0v) is 28.7. The van der Waals surface area contributed by atoms with Gasteiger partial charge in [-0.2, -0.15) is 0 Å². The molecule has 4 fully saturated rings. The molecule has 6 atom stereocenters. The zero-order valence-electron chi connectivity index (χ0n) is 28.7. The first-order valence-electron chi connectivity index (χ1n) is 16.4. The van der Waals surface area contributed by atoms with Crippen molar-refractivity contribution in [1.29, 1.82) is 0 Å². The lowest BCUT2D eigenvalue weighted by atomic mass is 9.66. The number of esters is 4. The molecule has 2 saturated carbocycles. The van der Waals surface area contributed by atoms with Crippen molar-refractivity contribution < 1.29 is 52.2 Å². The van der Waals surface area contributed by atoms with Crippen molar-refractivity contribution in [2.75, 3.05) is 0 Å². The van der Waals surface area contributed by atoms with E-state index in [2.05, 4.69) is 0 Å². The molecule has 0 N–H and O–H groups in total. The summed E-state index contributed by atoms with van der Waals surface area (Å²) in [6.45, 7) is 13.1. The van der Waals surface area contributed by atoms with Gasteiger partial charge in [0.2, 0.25) is 17.7 Å². The molecule has 4 heterocycles. The van der Waals surface area contributed by atoms with E-state index in [4.69, 9.17) is 28.1 Å². The van der Waals surface area contributed by atoms with E-state index in [-0.39, 0.29) is 40.7 Å². The molecule has 0 amide bonds. The Morgan fingerprint density at radius 1 is 0.816 bits per heavy atom. The normalized spacial score (nSPS) is 35.7. The van der Waals surface area contributed by atoms with Crippen LogP contribution in [0.5, 0.6) is 5.75 Å². The van der Waals surface area contributed by atoms with Crippen molar-refractivity contribution in [2.24, 2.45) is 21.7 Å². The predicted molar refractivity (Wildman–Crippen MR) is 166 cm³/mol. The van der Waals surface area contributed by atoms with Crippen LogP contribution in [0.25, 0.3) is 11.0 Å². The number of carbonyl (C=O) groups is 4. The number of carbonyl (C=O) groups excluding carboxylic acids is 4. The van der Waals surface area contributed by atoms with Crippen LogP contribution in [0, 0.1) is 31.8 Å². The molecule has 14 heteroatoms. The number of benzene rings is 1. The largest absolute Gasteiger partial charge is 0.483 e. The highest BCUT2D eigenvalue weighted by atomic mass is 16.7. The summed E-state index contributed by atoms with van der Waals surface area (Å²) >= 11 is 0. The summed E-state index contributed by atoms with van der Waals surface area (Å²) in [4.78, 5) is 78.6. The van der Waals surface area contributed by atoms with Crippen molar-refractivity contribution in [3.05, 3.63) is 49.9 Å². The van der Waals surface area contributed by atoms with Gasteiger partial charge in [0.1, 0.15) is 22.5 Å². The minimum absolute atomic E-state index is 0.0449. The highest BCUT2D eigenvalue weighted by molar-refractivity contribution is 5.95. The summed E-state index contributed by atoms with van der Waals surface area (Å²) in [6.07, 6.45) is -1.74. The lowest BCUT2D eigenvalue weighted by Gasteiger charge is -2.45. The molecule has 3 aliphatic heterocycles. The molecular weight excluding hydrogens is 642 g/mol. The molecule has 2 aromatic rings. The topological polar surface area (TPSA) is 188 Å². The summed E-state index contributed by atoms with van der Waals surface area (Å²) in [5.41, 5.74) is -9.77. The monoisotopic (exact) mass is 681 g/mol. The second-order valence-electron chi connectivity index (χ2n) is 16.2. The van der Waals surface area contributed by atoms with Crippen LogP contribution in [-0.2, 0) is 44.7 Å². The van der Waals surface area contributed by atoms with Crippen molar-refractivity contribution >= 4 is 34.8 Å². The third kappa shape index (κ3) is 3.85. The van der Waals surface area contributed by atoms with Crippen LogP contribution in [0.2, 0.25) is 0 Å². The fraction of sp³-hybridized carbons (Fsp3) is 0.629. The van der Waals surface area contributed by atoms with Crippen LogP contribution in [0.3, 0.4) is 0 Å². The van der Waals surface area contributed by atoms with E-state index in [9.17, 15) is 34.1 Å². The Kier molecular flexibility index (Phi) is 6.47. The van der Waals surface area contributed by atoms with Crippen molar-refractivity contribution in [3.8, 4) is 5.75 Å². The van der Waals surface area contributed by atoms with Gasteiger partial charge in [-0.1, -0.05) is 27.7 Å². The Morgan fingerprint density at radius 2 is 1.35 bits per heavy atom. The first kappa shape index (κ1) is 33.0. The predicted octanol–water partition coefficient (Wildman–Crippen LogP) is 4.48. The average molecular weight is 682 g/mol. The van der Waals surface area contributed by atoms with Gasteiger partial charge in [-0.05, 0) is 71.6 Å². The maximum atomic E-state index is 14.5. The zero-order chi connectivity index (χ0) is 35.9. The summed E-state index contributed by atoms with van der Waals surface area (Å²) in [5.74, 6) is -2.64. The van der Waals surface area contributed by atoms with E-state index in [1.807, 2.05) is 0 Å². The summed E-state index contributed by atoms with van der Waals surface area (Å²) in [6, 6.07) is 4.40. The molecule has 0 spiro atoms. The average Bonchev–Trinajstić information content (AvgIpc) is 3.46. The second kappa shape index (κ2) is 9.60. The first-order valence-corrected chi connectivity index (χ1v) is 16.4. The van der Waals surface area contributed by atoms with Gasteiger partial charge in [0, 0.05) is 21.1 Å². The molecule has 1 aromatic heterocycles. The molecule has 4 unspecified atom stereocenters. The third-order valence-corrected chi connectivity index (χ3v) is 13.2. The highest BCUT2D eigenvalue weighted by Gasteiger charge is 2.78. The Hall–Kier alpha value is -4.49. The van der Waals surface area contributed by atoms with E-state index >= 15 is 0 Å². The van der Waals surface area contributed by atoms with Crippen LogP contribution in [0.4, 0.5) is 0 Å². The molecule has 49 heavy (non-hydrogen) atoms. The molecule has 7 rings (SSSR count). The van der Waals surface area contributed by atoms with Crippen LogP contribution < -0.4 is 10.4 Å². The van der Waals surface area contributed by atoms with Gasteiger partial charge >= 0.3 is 29.5 Å². The molecule has 2 aliphatic carbocycles. The summed E-state index contributed by atoms with van der Waals surface area (Å²) in [5, 5.41) is 11.5. The van der Waals surface area contributed by atoms with Crippen molar-refractivity contribution in [3.63, 3.8) is 0 Å². The lowest BCUT2D eigenvalue weighted by molar-refractivity contribution is -0.497. The SMILES string of the molecule is CC1(C)Oc2ccc3cc(C[N+](=O)[O-])c(=O)oc3c2[C@@H](OC(=O)C23CCC(C)(C(=O)O2)C3(C)C)[C@H]1OC(=O)C12CCC(C)(C(=O)O1)C2(C)C. The second-order valence-corrected chi connectivity index (χ2v) is 16.2. The summed E-state index contributed by atoms with van der Waals surface area (Å²) in [7, 11) is 0. The van der Waals surface area contributed by atoms with Crippen LogP contribution >= 0.6 is 0 Å². The Morgan fingerprint density at radius 3 is 1.82 bits per heavy atom. The quantitative estimate of drug-likeness (QED) is 0.137. The maximum absolute atomic E-state index is 14.5. The van der Waals surface area contributed by atoms with Crippen LogP contribution in [0.15, 0.2) is 27.4 Å². The molecule has 2 saturated heterocycles. The van der Waals surface area contributed by atoms with Gasteiger partial charge in [0.25, 0.3) is 0 Å². The Balaban J connectivity index is 1.37. The number of hydrogen-bond acceptors (Lipinski definition) is 13. The molecule has 4 bridgehead atoms. The number of rotatable bonds is 6. The molecular formula is C35H39NO13. The number of ether oxygens (including phenoxy) is 5. The minimum Gasteiger partial charge on any atom is -0.483 e. The smallest absolute Gasteiger partial charge is 0.351 e. The number of nitro groups is 1. The summed E-state index contributed by atoms with van der Waals surface area (Å²) < 4.78 is 36.2. The van der Waals surface area contributed by atoms with Crippen molar-refractivity contribution in [2.45, 2.75) is 117 Å². The van der Waals surface area contributed by atoms with E-state index < -0.39 is 91.6 Å². The van der Waals surface area contributed by atoms with Gasteiger partial charge in [-0.3, -0.25) is 19.7 Å². The fourth-order valence-corrected chi connectivity index (χ4v) is 8.85. The third-order valence-electron chi connectivity index (χ3n) is 13.2. The number of fused-ring (bicyclic) bond motifs is 7. The van der Waals surface area contributed by atoms with Crippen molar-refractivity contribution in [1.82, 2.24) is 0 Å². The van der Waals surface area contributed by atoms with E-state index in [1.165, 1.54) is 6.07 Å². The van der Waals surface area contributed by atoms with E-state index in [0.29, 0.717) is 12.8 Å². The van der Waals surface area contributed by atoms with Crippen LogP contribution in [-0.4, -0.2) is 51.7 Å². The minimum atomic E-state index is -1.67. The number of hydrogen-bond donors (Lipinski definition) is 0. The van der Waals surface area contributed by atoms with Crippen LogP contribution in [0.1, 0.15) is 98.3 Å². The van der Waals surface area contributed by atoms with E-state index in [0.717, 1.165) is 0 Å². The van der Waals surface area contributed by atoms with Gasteiger partial charge < -0.3 is 28.1 Å². The maximum Gasteiger partial charge on any atom is 0.351 e. The van der Waals surface area contributed by atoms with Gasteiger partial charge in [0.05, 0.1) is 16.4 Å². The molecule has 14 nitrogen and oxygen atoms in total. The lowest BCUT2D eigenvalue weighted by Crippen LogP contribution is -2.57. The Bertz CT molecular complexity index is 1960. The van der Waals surface area contributed by atoms with Gasteiger partial charge in [-0.25, -0.2) is 14.4 Å². The molecule has 0 radical (unpaired) electrons. The van der Waals surface area contributed by atoms with Gasteiger partial charge in [0.15, 0.2) is 12.2 Å². The standard InChI is InChI=1S/C35H39NO13/c1-29(2)23(46-28(41)35-14-12-33(8,26(39)49-35)31(35,5)6)22(45-27(40)34-13-11-32(7,25(38)48-34)30(34,3)4)20-19(47-29)10-9-17-15-18(16-36(42)43)24(37)44-21(17)20/h9-10,15,22-23H,11-14,16H2,1-8H3/t22-,23-,32?,33?,34?,35?/m1/s1. The number of nitrogens with zero attached hydrogens (tertiary/aromatic N) is 1. The molecule has 1 aromatic carbocycles. The van der Waals surface area contributed by atoms with Gasteiger partial charge in [-0.15, -0.1) is 0 Å². The fourth-order valence-electron chi connectivity index (χ4n) is 8.85. The molecule has 262 valence electrons. The van der Waals surface area contributed by atoms with E-state index in [1.54, 1.807) is 67.5 Å².